The number of hydrogen-bond donors (Lipinski definition) is 2. The molecule has 1 aromatic heterocycles. The molecule has 2 aromatic rings. The molecule has 6 heteroatoms. The molecule has 0 spiro atoms. The topological polar surface area (TPSA) is 68.0 Å². The standard InChI is InChI=1S/C18H23N3O.2ClH/c1-12-8-9-16(14-6-4-10-20-18(12)14)21-17(22)11-13-5-2-3-7-15(13)19;;/h4,6,8-10,13,15H,2-3,5,7,11,19H2,1H3,(H,21,22);2*1H. The molecule has 2 atom stereocenters. The molecular weight excluding hydrogens is 345 g/mol. The van der Waals surface area contributed by atoms with Gasteiger partial charge in [0, 0.05) is 24.0 Å². The molecule has 4 nitrogen and oxygen atoms in total. The number of amides is 1. The SMILES string of the molecule is Cc1ccc(NC(=O)CC2CCCCC2N)c2cccnc12.Cl.Cl. The van der Waals surface area contributed by atoms with Crippen LogP contribution in [0.1, 0.15) is 37.7 Å². The quantitative estimate of drug-likeness (QED) is 0.850. The van der Waals surface area contributed by atoms with Crippen LogP contribution in [0.3, 0.4) is 0 Å². The summed E-state index contributed by atoms with van der Waals surface area (Å²) in [5, 5.41) is 4.04. The van der Waals surface area contributed by atoms with Crippen molar-refractivity contribution in [2.45, 2.75) is 45.1 Å². The largest absolute Gasteiger partial charge is 0.327 e. The van der Waals surface area contributed by atoms with E-state index < -0.39 is 0 Å². The van der Waals surface area contributed by atoms with Gasteiger partial charge in [-0.2, -0.15) is 0 Å². The average molecular weight is 370 g/mol. The lowest BCUT2D eigenvalue weighted by Crippen LogP contribution is -2.35. The molecule has 1 saturated carbocycles. The fraction of sp³-hybridized carbons (Fsp3) is 0.444. The summed E-state index contributed by atoms with van der Waals surface area (Å²) in [5.74, 6) is 0.361. The third-order valence-corrected chi connectivity index (χ3v) is 4.66. The zero-order valence-corrected chi connectivity index (χ0v) is 15.5. The summed E-state index contributed by atoms with van der Waals surface area (Å²) in [6.07, 6.45) is 6.76. The highest BCUT2D eigenvalue weighted by Gasteiger charge is 2.24. The molecule has 0 saturated heterocycles. The summed E-state index contributed by atoms with van der Waals surface area (Å²) in [4.78, 5) is 16.8. The number of fused-ring (bicyclic) bond motifs is 1. The Balaban J connectivity index is 0.00000144. The van der Waals surface area contributed by atoms with Crippen LogP contribution < -0.4 is 11.1 Å². The van der Waals surface area contributed by atoms with Crippen molar-refractivity contribution in [3.05, 3.63) is 36.0 Å². The molecule has 1 aliphatic carbocycles. The van der Waals surface area contributed by atoms with Gasteiger partial charge in [-0.1, -0.05) is 18.9 Å². The molecule has 0 radical (unpaired) electrons. The van der Waals surface area contributed by atoms with Crippen molar-refractivity contribution in [3.63, 3.8) is 0 Å². The highest BCUT2D eigenvalue weighted by Crippen LogP contribution is 2.28. The second-order valence-electron chi connectivity index (χ2n) is 6.29. The van der Waals surface area contributed by atoms with E-state index in [0.717, 1.165) is 35.0 Å². The van der Waals surface area contributed by atoms with Gasteiger partial charge in [-0.05, 0) is 49.4 Å². The third-order valence-electron chi connectivity index (χ3n) is 4.66. The summed E-state index contributed by atoms with van der Waals surface area (Å²) in [5.41, 5.74) is 9.03. The number of carbonyl (C=O) groups is 1. The zero-order valence-electron chi connectivity index (χ0n) is 13.8. The molecule has 0 bridgehead atoms. The van der Waals surface area contributed by atoms with Gasteiger partial charge in [0.1, 0.15) is 0 Å². The number of aromatic nitrogens is 1. The molecule has 1 fully saturated rings. The fourth-order valence-corrected chi connectivity index (χ4v) is 3.35. The van der Waals surface area contributed by atoms with Gasteiger partial charge in [-0.25, -0.2) is 0 Å². The van der Waals surface area contributed by atoms with Gasteiger partial charge in [0.2, 0.25) is 5.91 Å². The summed E-state index contributed by atoms with van der Waals surface area (Å²) in [6, 6.07) is 8.01. The number of nitrogens with one attached hydrogen (secondary N) is 1. The maximum atomic E-state index is 12.4. The molecule has 1 aliphatic rings. The molecule has 24 heavy (non-hydrogen) atoms. The second-order valence-corrected chi connectivity index (χ2v) is 6.29. The minimum Gasteiger partial charge on any atom is -0.327 e. The summed E-state index contributed by atoms with van der Waals surface area (Å²) in [6.45, 7) is 2.03. The monoisotopic (exact) mass is 369 g/mol. The van der Waals surface area contributed by atoms with Crippen LogP contribution in [0.25, 0.3) is 10.9 Å². The van der Waals surface area contributed by atoms with Gasteiger partial charge >= 0.3 is 0 Å². The number of carbonyl (C=O) groups excluding carboxylic acids is 1. The first-order valence-electron chi connectivity index (χ1n) is 8.05. The number of nitrogens with zero attached hydrogens (tertiary/aromatic N) is 1. The number of rotatable bonds is 3. The van der Waals surface area contributed by atoms with Crippen molar-refractivity contribution in [1.29, 1.82) is 0 Å². The average Bonchev–Trinajstić information content (AvgIpc) is 2.53. The molecule has 1 heterocycles. The fourth-order valence-electron chi connectivity index (χ4n) is 3.35. The van der Waals surface area contributed by atoms with E-state index >= 15 is 0 Å². The molecule has 0 aliphatic heterocycles. The molecule has 3 rings (SSSR count). The van der Waals surface area contributed by atoms with Crippen molar-refractivity contribution in [2.24, 2.45) is 11.7 Å². The maximum Gasteiger partial charge on any atom is 0.224 e. The summed E-state index contributed by atoms with van der Waals surface area (Å²) in [7, 11) is 0. The smallest absolute Gasteiger partial charge is 0.224 e. The van der Waals surface area contributed by atoms with Gasteiger partial charge in [-0.15, -0.1) is 24.8 Å². The second kappa shape index (κ2) is 9.21. The Kier molecular flexibility index (Phi) is 7.94. The van der Waals surface area contributed by atoms with E-state index in [0.29, 0.717) is 12.3 Å². The number of anilines is 1. The zero-order chi connectivity index (χ0) is 15.5. The van der Waals surface area contributed by atoms with Gasteiger partial charge in [-0.3, -0.25) is 9.78 Å². The van der Waals surface area contributed by atoms with Crippen LogP contribution in [0.2, 0.25) is 0 Å². The van der Waals surface area contributed by atoms with E-state index in [1.807, 2.05) is 31.2 Å². The lowest BCUT2D eigenvalue weighted by Gasteiger charge is -2.28. The van der Waals surface area contributed by atoms with Crippen molar-refractivity contribution in [2.75, 3.05) is 5.32 Å². The van der Waals surface area contributed by atoms with Gasteiger partial charge in [0.25, 0.3) is 0 Å². The first kappa shape index (κ1) is 20.7. The number of pyridine rings is 1. The van der Waals surface area contributed by atoms with E-state index in [9.17, 15) is 4.79 Å². The molecule has 1 amide bonds. The number of hydrogen-bond acceptors (Lipinski definition) is 3. The predicted molar refractivity (Wildman–Crippen MR) is 104 cm³/mol. The number of nitrogens with two attached hydrogens (primary N) is 1. The number of benzene rings is 1. The third kappa shape index (κ3) is 4.59. The van der Waals surface area contributed by atoms with E-state index in [1.54, 1.807) is 6.20 Å². The van der Waals surface area contributed by atoms with Crippen LogP contribution in [0.15, 0.2) is 30.5 Å². The Bertz CT molecular complexity index is 693. The minimum absolute atomic E-state index is 0. The first-order chi connectivity index (χ1) is 10.6. The Morgan fingerprint density at radius 3 is 2.75 bits per heavy atom. The summed E-state index contributed by atoms with van der Waals surface area (Å²) < 4.78 is 0. The van der Waals surface area contributed by atoms with Crippen molar-refractivity contribution in [1.82, 2.24) is 4.98 Å². The van der Waals surface area contributed by atoms with Crippen LogP contribution in [-0.2, 0) is 4.79 Å². The van der Waals surface area contributed by atoms with E-state index in [1.165, 1.54) is 12.8 Å². The lowest BCUT2D eigenvalue weighted by molar-refractivity contribution is -0.117. The van der Waals surface area contributed by atoms with Gasteiger partial charge in [0.05, 0.1) is 11.2 Å². The van der Waals surface area contributed by atoms with Crippen molar-refractivity contribution >= 4 is 47.3 Å². The molecular formula is C18H25Cl2N3O. The predicted octanol–water partition coefficient (Wildman–Crippen LogP) is 4.23. The maximum absolute atomic E-state index is 12.4. The van der Waals surface area contributed by atoms with E-state index in [4.69, 9.17) is 5.73 Å². The van der Waals surface area contributed by atoms with Crippen LogP contribution in [0, 0.1) is 12.8 Å². The van der Waals surface area contributed by atoms with Gasteiger partial charge < -0.3 is 11.1 Å². The normalized spacial score (nSPS) is 19.9. The van der Waals surface area contributed by atoms with Crippen molar-refractivity contribution < 1.29 is 4.79 Å². The highest BCUT2D eigenvalue weighted by molar-refractivity contribution is 6.01. The molecule has 3 N–H and O–H groups in total. The van der Waals surface area contributed by atoms with Crippen molar-refractivity contribution in [3.8, 4) is 0 Å². The van der Waals surface area contributed by atoms with E-state index in [2.05, 4.69) is 10.3 Å². The Labute approximate surface area is 155 Å². The van der Waals surface area contributed by atoms with Crippen LogP contribution in [0.5, 0.6) is 0 Å². The molecule has 2 unspecified atom stereocenters. The Morgan fingerprint density at radius 2 is 2.00 bits per heavy atom. The Morgan fingerprint density at radius 1 is 1.25 bits per heavy atom. The van der Waals surface area contributed by atoms with Crippen LogP contribution in [0.4, 0.5) is 5.69 Å². The Hall–Kier alpha value is -1.36. The van der Waals surface area contributed by atoms with Gasteiger partial charge in [0.15, 0.2) is 0 Å². The molecule has 1 aromatic carbocycles. The van der Waals surface area contributed by atoms with Crippen LogP contribution in [-0.4, -0.2) is 16.9 Å². The highest BCUT2D eigenvalue weighted by atomic mass is 35.5. The molecule has 132 valence electrons. The number of aryl methyl sites for hydroxylation is 1. The number of halogens is 2. The first-order valence-corrected chi connectivity index (χ1v) is 8.05. The van der Waals surface area contributed by atoms with E-state index in [-0.39, 0.29) is 36.8 Å². The lowest BCUT2D eigenvalue weighted by atomic mass is 9.83. The summed E-state index contributed by atoms with van der Waals surface area (Å²) >= 11 is 0. The van der Waals surface area contributed by atoms with Crippen LogP contribution >= 0.6 is 24.8 Å². The minimum atomic E-state index is 0.